The Kier molecular flexibility index (Phi) is 3.78. The van der Waals surface area contributed by atoms with Gasteiger partial charge in [0.1, 0.15) is 11.7 Å². The Morgan fingerprint density at radius 2 is 2.30 bits per heavy atom. The van der Waals surface area contributed by atoms with Crippen LogP contribution in [0, 0.1) is 11.3 Å². The smallest absolute Gasteiger partial charge is 0.190 e. The van der Waals surface area contributed by atoms with Crippen molar-refractivity contribution in [3.05, 3.63) is 29.3 Å². The maximum Gasteiger partial charge on any atom is 0.190 e. The number of benzene rings is 1. The highest BCUT2D eigenvalue weighted by Crippen LogP contribution is 2.40. The van der Waals surface area contributed by atoms with E-state index in [1.165, 1.54) is 0 Å². The molecular formula is C15H16N2O2S. The summed E-state index contributed by atoms with van der Waals surface area (Å²) in [5.41, 5.74) is 0.274. The third-order valence-electron chi connectivity index (χ3n) is 3.75. The Balaban J connectivity index is 2.63. The van der Waals surface area contributed by atoms with Crippen molar-refractivity contribution in [3.8, 4) is 11.8 Å². The minimum absolute atomic E-state index is 0.0676. The normalized spacial score (nSPS) is 24.3. The summed E-state index contributed by atoms with van der Waals surface area (Å²) in [6.07, 6.45) is 0.564. The lowest BCUT2D eigenvalue weighted by Gasteiger charge is -2.38. The highest BCUT2D eigenvalue weighted by molar-refractivity contribution is 7.80. The first-order valence-electron chi connectivity index (χ1n) is 6.45. The van der Waals surface area contributed by atoms with E-state index >= 15 is 0 Å². The summed E-state index contributed by atoms with van der Waals surface area (Å²) in [6.45, 7) is 3.69. The second-order valence-corrected chi connectivity index (χ2v) is 5.40. The molecule has 1 aliphatic heterocycles. The molecule has 1 aromatic rings. The highest BCUT2D eigenvalue weighted by Gasteiger charge is 2.46. The van der Waals surface area contributed by atoms with Crippen molar-refractivity contribution >= 4 is 23.0 Å². The van der Waals surface area contributed by atoms with Crippen LogP contribution in [0.5, 0.6) is 5.75 Å². The molecule has 0 radical (unpaired) electrons. The zero-order valence-electron chi connectivity index (χ0n) is 11.7. The molecule has 0 bridgehead atoms. The summed E-state index contributed by atoms with van der Waals surface area (Å²) >= 11 is 5.29. The molecule has 20 heavy (non-hydrogen) atoms. The van der Waals surface area contributed by atoms with E-state index in [9.17, 15) is 4.79 Å². The Morgan fingerprint density at radius 1 is 1.60 bits per heavy atom. The molecule has 2 rings (SSSR count). The number of nitrogens with zero attached hydrogens (tertiary/aromatic N) is 1. The van der Waals surface area contributed by atoms with Crippen molar-refractivity contribution < 1.29 is 9.53 Å². The Bertz CT molecular complexity index is 621. The van der Waals surface area contributed by atoms with Gasteiger partial charge in [0.25, 0.3) is 0 Å². The van der Waals surface area contributed by atoms with Crippen molar-refractivity contribution in [2.24, 2.45) is 0 Å². The first-order valence-corrected chi connectivity index (χ1v) is 6.86. The molecule has 0 spiro atoms. The molecule has 1 aliphatic rings. The van der Waals surface area contributed by atoms with Crippen LogP contribution < -0.4 is 10.1 Å². The van der Waals surface area contributed by atoms with Gasteiger partial charge in [-0.1, -0.05) is 19.1 Å². The lowest BCUT2D eigenvalue weighted by Crippen LogP contribution is -2.50. The third-order valence-corrected chi connectivity index (χ3v) is 4.19. The number of thiocarbonyl (C=S) groups is 1. The number of likely N-dealkylation sites (N-methyl/N-ethyl adjacent to an activating group) is 1. The van der Waals surface area contributed by atoms with Gasteiger partial charge in [0.05, 0.1) is 16.6 Å². The highest BCUT2D eigenvalue weighted by atomic mass is 32.1. The molecule has 2 atom stereocenters. The topological polar surface area (TPSA) is 62.1 Å². The van der Waals surface area contributed by atoms with Gasteiger partial charge in [-0.2, -0.15) is 5.26 Å². The zero-order valence-corrected chi connectivity index (χ0v) is 12.5. The lowest BCUT2D eigenvalue weighted by atomic mass is 9.80. The first kappa shape index (κ1) is 14.5. The van der Waals surface area contributed by atoms with Crippen LogP contribution in [0.4, 0.5) is 0 Å². The van der Waals surface area contributed by atoms with Gasteiger partial charge in [-0.25, -0.2) is 0 Å². The SMILES string of the molecule is CCC1(C)Oc2ccc(C#N)cc2C(C(=S)NC)C1=O. The molecule has 0 fully saturated rings. The number of carbonyl (C=O) groups excluding carboxylic acids is 1. The molecule has 1 aromatic carbocycles. The summed E-state index contributed by atoms with van der Waals surface area (Å²) in [5.74, 6) is -0.00510. The van der Waals surface area contributed by atoms with Crippen LogP contribution in [0.25, 0.3) is 0 Å². The number of fused-ring (bicyclic) bond motifs is 1. The number of ether oxygens (including phenoxy) is 1. The Hall–Kier alpha value is -1.93. The summed E-state index contributed by atoms with van der Waals surface area (Å²) in [5, 5.41) is 11.9. The molecule has 4 nitrogen and oxygen atoms in total. The monoisotopic (exact) mass is 288 g/mol. The van der Waals surface area contributed by atoms with Crippen LogP contribution in [0.15, 0.2) is 18.2 Å². The molecule has 0 aromatic heterocycles. The number of rotatable bonds is 2. The summed E-state index contributed by atoms with van der Waals surface area (Å²) in [6, 6.07) is 7.17. The fourth-order valence-electron chi connectivity index (χ4n) is 2.33. The standard InChI is InChI=1S/C15H16N2O2S/c1-4-15(2)13(18)12(14(20)17-3)10-7-9(8-16)5-6-11(10)19-15/h5-7,12H,4H2,1-3H3,(H,17,20). The van der Waals surface area contributed by atoms with Gasteiger partial charge in [-0.05, 0) is 31.5 Å². The van der Waals surface area contributed by atoms with Gasteiger partial charge >= 0.3 is 0 Å². The van der Waals surface area contributed by atoms with E-state index in [0.717, 1.165) is 0 Å². The summed E-state index contributed by atoms with van der Waals surface area (Å²) in [7, 11) is 1.70. The molecular weight excluding hydrogens is 272 g/mol. The molecule has 1 N–H and O–H groups in total. The van der Waals surface area contributed by atoms with E-state index in [0.29, 0.717) is 28.3 Å². The number of nitriles is 1. The number of Topliss-reactive ketones (excluding diaryl/α,β-unsaturated/α-hetero) is 1. The predicted octanol–water partition coefficient (Wildman–Crippen LogP) is 2.32. The van der Waals surface area contributed by atoms with Gasteiger partial charge in [0, 0.05) is 12.6 Å². The van der Waals surface area contributed by atoms with E-state index in [1.807, 2.05) is 6.92 Å². The minimum atomic E-state index is -0.882. The average Bonchev–Trinajstić information content (AvgIpc) is 2.47. The van der Waals surface area contributed by atoms with Gasteiger partial charge in [-0.15, -0.1) is 0 Å². The van der Waals surface area contributed by atoms with E-state index in [-0.39, 0.29) is 5.78 Å². The third kappa shape index (κ3) is 2.16. The molecule has 5 heteroatoms. The quantitative estimate of drug-likeness (QED) is 0.846. The Labute approximate surface area is 123 Å². The van der Waals surface area contributed by atoms with Crippen molar-refractivity contribution in [2.75, 3.05) is 7.05 Å². The second-order valence-electron chi connectivity index (χ2n) is 4.96. The molecule has 0 saturated carbocycles. The van der Waals surface area contributed by atoms with Crippen LogP contribution in [-0.4, -0.2) is 23.4 Å². The fourth-order valence-corrected chi connectivity index (χ4v) is 2.56. The molecule has 1 heterocycles. The van der Waals surface area contributed by atoms with Gasteiger partial charge < -0.3 is 10.1 Å². The Morgan fingerprint density at radius 3 is 2.85 bits per heavy atom. The van der Waals surface area contributed by atoms with Crippen LogP contribution in [0.2, 0.25) is 0 Å². The van der Waals surface area contributed by atoms with Crippen molar-refractivity contribution in [2.45, 2.75) is 31.8 Å². The van der Waals surface area contributed by atoms with E-state index in [4.69, 9.17) is 22.2 Å². The predicted molar refractivity (Wildman–Crippen MR) is 79.9 cm³/mol. The van der Waals surface area contributed by atoms with Crippen molar-refractivity contribution in [1.29, 1.82) is 5.26 Å². The second kappa shape index (κ2) is 5.22. The van der Waals surface area contributed by atoms with Crippen molar-refractivity contribution in [1.82, 2.24) is 5.32 Å². The zero-order chi connectivity index (χ0) is 14.9. The fraction of sp³-hybridized carbons (Fsp3) is 0.400. The minimum Gasteiger partial charge on any atom is -0.479 e. The average molecular weight is 288 g/mol. The van der Waals surface area contributed by atoms with Crippen LogP contribution in [0.1, 0.15) is 37.3 Å². The summed E-state index contributed by atoms with van der Waals surface area (Å²) < 4.78 is 5.86. The maximum atomic E-state index is 12.7. The van der Waals surface area contributed by atoms with E-state index < -0.39 is 11.5 Å². The van der Waals surface area contributed by atoms with Gasteiger partial charge in [-0.3, -0.25) is 4.79 Å². The van der Waals surface area contributed by atoms with E-state index in [2.05, 4.69) is 11.4 Å². The van der Waals surface area contributed by atoms with Crippen molar-refractivity contribution in [3.63, 3.8) is 0 Å². The number of ketones is 1. The number of hydrogen-bond donors (Lipinski definition) is 1. The van der Waals surface area contributed by atoms with Crippen LogP contribution >= 0.6 is 12.2 Å². The largest absolute Gasteiger partial charge is 0.479 e. The summed E-state index contributed by atoms with van der Waals surface area (Å²) in [4.78, 5) is 13.2. The maximum absolute atomic E-state index is 12.7. The number of nitrogens with one attached hydrogen (secondary N) is 1. The van der Waals surface area contributed by atoms with Gasteiger partial charge in [0.15, 0.2) is 11.4 Å². The molecule has 2 unspecified atom stereocenters. The van der Waals surface area contributed by atoms with E-state index in [1.54, 1.807) is 32.2 Å². The molecule has 104 valence electrons. The van der Waals surface area contributed by atoms with Crippen LogP contribution in [0.3, 0.4) is 0 Å². The molecule has 0 aliphatic carbocycles. The van der Waals surface area contributed by atoms with Crippen LogP contribution in [-0.2, 0) is 4.79 Å². The number of hydrogen-bond acceptors (Lipinski definition) is 4. The van der Waals surface area contributed by atoms with Gasteiger partial charge in [0.2, 0.25) is 0 Å². The first-order chi connectivity index (χ1) is 9.46. The molecule has 0 saturated heterocycles. The lowest BCUT2D eigenvalue weighted by molar-refractivity contribution is -0.135. The molecule has 0 amide bonds. The number of carbonyl (C=O) groups is 1.